The summed E-state index contributed by atoms with van der Waals surface area (Å²) in [6.07, 6.45) is 0.965. The van der Waals surface area contributed by atoms with E-state index in [0.29, 0.717) is 13.2 Å². The maximum Gasteiger partial charge on any atom is 0.310 e. The predicted octanol–water partition coefficient (Wildman–Crippen LogP) is 2.46. The van der Waals surface area contributed by atoms with Crippen molar-refractivity contribution in [3.05, 3.63) is 23.7 Å². The van der Waals surface area contributed by atoms with E-state index in [4.69, 9.17) is 9.15 Å². The van der Waals surface area contributed by atoms with Crippen LogP contribution in [-0.4, -0.2) is 41.8 Å². The average molecular weight is 281 g/mol. The molecular weight excluding hydrogens is 258 g/mol. The van der Waals surface area contributed by atoms with Gasteiger partial charge in [-0.05, 0) is 38.9 Å². The number of nitrogens with zero attached hydrogens (tertiary/aromatic N) is 1. The van der Waals surface area contributed by atoms with Crippen LogP contribution < -0.4 is 0 Å². The maximum absolute atomic E-state index is 11.4. The minimum Gasteiger partial charge on any atom is -0.481 e. The van der Waals surface area contributed by atoms with Crippen LogP contribution in [0.4, 0.5) is 0 Å². The third kappa shape index (κ3) is 3.04. The zero-order valence-electron chi connectivity index (χ0n) is 12.3. The number of hydrogen-bond acceptors (Lipinski definition) is 4. The lowest BCUT2D eigenvalue weighted by Gasteiger charge is -2.34. The topological polar surface area (TPSA) is 62.9 Å². The lowest BCUT2D eigenvalue weighted by molar-refractivity contribution is -0.143. The number of aliphatic carboxylic acids is 1. The van der Waals surface area contributed by atoms with E-state index in [0.717, 1.165) is 24.5 Å². The number of carbonyl (C=O) groups is 1. The molecule has 20 heavy (non-hydrogen) atoms. The zero-order valence-corrected chi connectivity index (χ0v) is 12.3. The number of ether oxygens (including phenoxy) is 1. The first kappa shape index (κ1) is 15.1. The van der Waals surface area contributed by atoms with Gasteiger partial charge in [0, 0.05) is 6.04 Å². The van der Waals surface area contributed by atoms with Gasteiger partial charge in [0.1, 0.15) is 11.5 Å². The fraction of sp³-hybridized carbons (Fsp3) is 0.667. The molecule has 1 aromatic heterocycles. The van der Waals surface area contributed by atoms with Gasteiger partial charge in [0.15, 0.2) is 0 Å². The first-order chi connectivity index (χ1) is 9.54. The van der Waals surface area contributed by atoms with Crippen molar-refractivity contribution in [3.63, 3.8) is 0 Å². The third-order valence-corrected chi connectivity index (χ3v) is 3.95. The minimum absolute atomic E-state index is 0.0530. The molecule has 5 nitrogen and oxygen atoms in total. The number of aryl methyl sites for hydroxylation is 1. The summed E-state index contributed by atoms with van der Waals surface area (Å²) in [5.41, 5.74) is 0. The van der Waals surface area contributed by atoms with E-state index in [9.17, 15) is 9.90 Å². The molecule has 0 saturated carbocycles. The molecule has 5 heteroatoms. The summed E-state index contributed by atoms with van der Waals surface area (Å²) < 4.78 is 11.1. The van der Waals surface area contributed by atoms with Gasteiger partial charge in [0.2, 0.25) is 0 Å². The number of furan rings is 1. The summed E-state index contributed by atoms with van der Waals surface area (Å²) in [5.74, 6) is 0.518. The molecule has 3 atom stereocenters. The second kappa shape index (κ2) is 6.41. The SMILES string of the molecule is CCCN(C(C)c1ccc(C)o1)C1COCC1C(=O)O. The Morgan fingerprint density at radius 1 is 1.50 bits per heavy atom. The zero-order chi connectivity index (χ0) is 14.7. The van der Waals surface area contributed by atoms with Crippen LogP contribution in [0, 0.1) is 12.8 Å². The Labute approximate surface area is 119 Å². The van der Waals surface area contributed by atoms with Crippen LogP contribution in [-0.2, 0) is 9.53 Å². The fourth-order valence-electron chi connectivity index (χ4n) is 2.85. The maximum atomic E-state index is 11.4. The molecule has 2 rings (SSSR count). The van der Waals surface area contributed by atoms with Gasteiger partial charge in [0.25, 0.3) is 0 Å². The van der Waals surface area contributed by atoms with E-state index in [1.165, 1.54) is 0 Å². The van der Waals surface area contributed by atoms with E-state index < -0.39 is 11.9 Å². The van der Waals surface area contributed by atoms with Gasteiger partial charge in [-0.3, -0.25) is 9.69 Å². The third-order valence-electron chi connectivity index (χ3n) is 3.95. The molecule has 1 aliphatic rings. The molecule has 1 saturated heterocycles. The molecule has 0 radical (unpaired) electrons. The van der Waals surface area contributed by atoms with Gasteiger partial charge in [-0.15, -0.1) is 0 Å². The Morgan fingerprint density at radius 3 is 2.80 bits per heavy atom. The predicted molar refractivity (Wildman–Crippen MR) is 74.6 cm³/mol. The molecule has 2 heterocycles. The lowest BCUT2D eigenvalue weighted by atomic mass is 10.00. The number of rotatable bonds is 6. The van der Waals surface area contributed by atoms with Crippen LogP contribution in [0.3, 0.4) is 0 Å². The summed E-state index contributed by atoms with van der Waals surface area (Å²) in [4.78, 5) is 13.6. The Hall–Kier alpha value is -1.33. The second-order valence-corrected chi connectivity index (χ2v) is 5.41. The smallest absolute Gasteiger partial charge is 0.310 e. The van der Waals surface area contributed by atoms with Crippen LogP contribution in [0.15, 0.2) is 16.5 Å². The molecule has 0 bridgehead atoms. The summed E-state index contributed by atoms with van der Waals surface area (Å²) in [6, 6.07) is 3.87. The van der Waals surface area contributed by atoms with Crippen molar-refractivity contribution in [2.24, 2.45) is 5.92 Å². The number of hydrogen-bond donors (Lipinski definition) is 1. The highest BCUT2D eigenvalue weighted by molar-refractivity contribution is 5.71. The summed E-state index contributed by atoms with van der Waals surface area (Å²) in [6.45, 7) is 7.67. The monoisotopic (exact) mass is 281 g/mol. The molecule has 1 N–H and O–H groups in total. The molecule has 0 amide bonds. The Balaban J connectivity index is 2.19. The van der Waals surface area contributed by atoms with Gasteiger partial charge in [0.05, 0.1) is 25.2 Å². The van der Waals surface area contributed by atoms with Crippen molar-refractivity contribution < 1.29 is 19.1 Å². The highest BCUT2D eigenvalue weighted by atomic mass is 16.5. The Bertz CT molecular complexity index is 456. The summed E-state index contributed by atoms with van der Waals surface area (Å²) >= 11 is 0. The van der Waals surface area contributed by atoms with Crippen molar-refractivity contribution in [1.82, 2.24) is 4.90 Å². The average Bonchev–Trinajstić information content (AvgIpc) is 3.03. The molecule has 0 spiro atoms. The first-order valence-electron chi connectivity index (χ1n) is 7.17. The van der Waals surface area contributed by atoms with Gasteiger partial charge < -0.3 is 14.3 Å². The first-order valence-corrected chi connectivity index (χ1v) is 7.17. The van der Waals surface area contributed by atoms with Crippen LogP contribution >= 0.6 is 0 Å². The van der Waals surface area contributed by atoms with E-state index in [1.54, 1.807) is 0 Å². The van der Waals surface area contributed by atoms with Crippen molar-refractivity contribution in [3.8, 4) is 0 Å². The molecule has 3 unspecified atom stereocenters. The van der Waals surface area contributed by atoms with E-state index in [2.05, 4.69) is 18.7 Å². The van der Waals surface area contributed by atoms with Gasteiger partial charge in [-0.2, -0.15) is 0 Å². The molecule has 1 aromatic rings. The van der Waals surface area contributed by atoms with Crippen molar-refractivity contribution in [1.29, 1.82) is 0 Å². The van der Waals surface area contributed by atoms with E-state index in [-0.39, 0.29) is 12.1 Å². The second-order valence-electron chi connectivity index (χ2n) is 5.41. The fourth-order valence-corrected chi connectivity index (χ4v) is 2.85. The quantitative estimate of drug-likeness (QED) is 0.867. The highest BCUT2D eigenvalue weighted by Gasteiger charge is 2.40. The van der Waals surface area contributed by atoms with Crippen molar-refractivity contribution in [2.45, 2.75) is 39.3 Å². The molecular formula is C15H23NO4. The van der Waals surface area contributed by atoms with Crippen LogP contribution in [0.1, 0.15) is 37.8 Å². The molecule has 1 aliphatic heterocycles. The van der Waals surface area contributed by atoms with Crippen LogP contribution in [0.25, 0.3) is 0 Å². The lowest BCUT2D eigenvalue weighted by Crippen LogP contribution is -2.44. The van der Waals surface area contributed by atoms with Crippen LogP contribution in [0.5, 0.6) is 0 Å². The van der Waals surface area contributed by atoms with Crippen LogP contribution in [0.2, 0.25) is 0 Å². The van der Waals surface area contributed by atoms with E-state index in [1.807, 2.05) is 19.1 Å². The highest BCUT2D eigenvalue weighted by Crippen LogP contribution is 2.30. The molecule has 0 aliphatic carbocycles. The van der Waals surface area contributed by atoms with Gasteiger partial charge >= 0.3 is 5.97 Å². The van der Waals surface area contributed by atoms with Crippen molar-refractivity contribution in [2.75, 3.05) is 19.8 Å². The van der Waals surface area contributed by atoms with Gasteiger partial charge in [-0.1, -0.05) is 6.92 Å². The minimum atomic E-state index is -0.781. The van der Waals surface area contributed by atoms with Gasteiger partial charge in [-0.25, -0.2) is 0 Å². The summed E-state index contributed by atoms with van der Waals surface area (Å²) in [5, 5.41) is 9.33. The molecule has 1 fully saturated rings. The normalized spacial score (nSPS) is 24.2. The number of carboxylic acids is 1. The Kier molecular flexibility index (Phi) is 4.83. The number of carboxylic acid groups (broad SMARTS) is 1. The largest absolute Gasteiger partial charge is 0.481 e. The standard InChI is InChI=1S/C15H23NO4/c1-4-7-16(11(3)14-6-5-10(2)20-14)13-9-19-8-12(13)15(17)18/h5-6,11-13H,4,7-9H2,1-3H3,(H,17,18). The van der Waals surface area contributed by atoms with Crippen molar-refractivity contribution >= 4 is 5.97 Å². The molecule has 0 aromatic carbocycles. The van der Waals surface area contributed by atoms with E-state index >= 15 is 0 Å². The molecule has 112 valence electrons. The summed E-state index contributed by atoms with van der Waals surface area (Å²) in [7, 11) is 0. The Morgan fingerprint density at radius 2 is 2.25 bits per heavy atom.